The Morgan fingerprint density at radius 1 is 1.03 bits per heavy atom. The van der Waals surface area contributed by atoms with E-state index in [4.69, 9.17) is 0 Å². The normalized spacial score (nSPS) is 10.7. The zero-order valence-corrected chi connectivity index (χ0v) is 17.1. The summed E-state index contributed by atoms with van der Waals surface area (Å²) in [6.07, 6.45) is 0. The molecule has 0 saturated heterocycles. The van der Waals surface area contributed by atoms with Gasteiger partial charge in [-0.25, -0.2) is 13.5 Å². The van der Waals surface area contributed by atoms with E-state index in [0.29, 0.717) is 17.1 Å². The summed E-state index contributed by atoms with van der Waals surface area (Å²) in [5, 5.41) is 9.57. The van der Waals surface area contributed by atoms with E-state index < -0.39 is 17.5 Å². The maximum Gasteiger partial charge on any atom is 0.255 e. The molecular weight excluding hydrogens is 390 g/mol. The molecule has 156 valence electrons. The minimum absolute atomic E-state index is 0.0313. The van der Waals surface area contributed by atoms with Crippen molar-refractivity contribution in [3.8, 4) is 5.69 Å². The Balaban J connectivity index is 1.74. The lowest BCUT2D eigenvalue weighted by atomic mass is 10.1. The van der Waals surface area contributed by atoms with Crippen LogP contribution in [0.2, 0.25) is 0 Å². The van der Waals surface area contributed by atoms with E-state index in [0.717, 1.165) is 23.3 Å². The lowest BCUT2D eigenvalue weighted by molar-refractivity contribution is -0.115. The SMILES string of the molecule is Cc1cccc(C)c1NC(=O)CNC(=O)c1c(C)nn(-c2ccc(F)cc2F)c1C. The monoisotopic (exact) mass is 412 g/mol. The first kappa shape index (κ1) is 21.2. The van der Waals surface area contributed by atoms with Crippen LogP contribution in [0.15, 0.2) is 36.4 Å². The number of rotatable bonds is 5. The highest BCUT2D eigenvalue weighted by Crippen LogP contribution is 2.21. The average molecular weight is 412 g/mol. The lowest BCUT2D eigenvalue weighted by Gasteiger charge is -2.12. The molecule has 0 spiro atoms. The summed E-state index contributed by atoms with van der Waals surface area (Å²) in [7, 11) is 0. The van der Waals surface area contributed by atoms with E-state index in [9.17, 15) is 18.4 Å². The predicted octanol–water partition coefficient (Wildman–Crippen LogP) is 3.75. The zero-order valence-electron chi connectivity index (χ0n) is 17.1. The Hall–Kier alpha value is -3.55. The fraction of sp³-hybridized carbons (Fsp3) is 0.227. The number of anilines is 1. The largest absolute Gasteiger partial charge is 0.343 e. The van der Waals surface area contributed by atoms with Crippen LogP contribution in [0, 0.1) is 39.3 Å². The Morgan fingerprint density at radius 2 is 1.70 bits per heavy atom. The number of carbonyl (C=O) groups is 2. The summed E-state index contributed by atoms with van der Waals surface area (Å²) in [4.78, 5) is 25.0. The van der Waals surface area contributed by atoms with Gasteiger partial charge in [-0.15, -0.1) is 0 Å². The Kier molecular flexibility index (Phi) is 5.96. The topological polar surface area (TPSA) is 76.0 Å². The van der Waals surface area contributed by atoms with Gasteiger partial charge in [0.05, 0.1) is 23.5 Å². The third-order valence-electron chi connectivity index (χ3n) is 4.81. The van der Waals surface area contributed by atoms with Gasteiger partial charge in [-0.05, 0) is 51.0 Å². The van der Waals surface area contributed by atoms with Crippen molar-refractivity contribution in [2.75, 3.05) is 11.9 Å². The number of nitrogens with one attached hydrogen (secondary N) is 2. The predicted molar refractivity (Wildman–Crippen MR) is 110 cm³/mol. The maximum absolute atomic E-state index is 14.1. The van der Waals surface area contributed by atoms with Crippen LogP contribution in [-0.4, -0.2) is 28.1 Å². The molecule has 3 rings (SSSR count). The molecule has 0 aliphatic rings. The summed E-state index contributed by atoms with van der Waals surface area (Å²) < 4.78 is 28.6. The molecule has 2 amide bonds. The second-order valence-electron chi connectivity index (χ2n) is 7.05. The second-order valence-corrected chi connectivity index (χ2v) is 7.05. The minimum Gasteiger partial charge on any atom is -0.343 e. The quantitative estimate of drug-likeness (QED) is 0.670. The Morgan fingerprint density at radius 3 is 2.33 bits per heavy atom. The molecule has 2 aromatic carbocycles. The van der Waals surface area contributed by atoms with Crippen molar-refractivity contribution in [2.24, 2.45) is 0 Å². The number of para-hydroxylation sites is 1. The highest BCUT2D eigenvalue weighted by molar-refractivity contribution is 6.01. The van der Waals surface area contributed by atoms with Crippen molar-refractivity contribution >= 4 is 17.5 Å². The summed E-state index contributed by atoms with van der Waals surface area (Å²) in [6.45, 7) is 6.75. The third kappa shape index (κ3) is 4.22. The molecule has 0 aliphatic carbocycles. The van der Waals surface area contributed by atoms with Crippen LogP contribution in [-0.2, 0) is 4.79 Å². The number of nitrogens with zero attached hydrogens (tertiary/aromatic N) is 2. The van der Waals surface area contributed by atoms with Gasteiger partial charge >= 0.3 is 0 Å². The van der Waals surface area contributed by atoms with Gasteiger partial charge < -0.3 is 10.6 Å². The molecule has 6 nitrogen and oxygen atoms in total. The van der Waals surface area contributed by atoms with Crippen LogP contribution in [0.4, 0.5) is 14.5 Å². The molecule has 0 atom stereocenters. The smallest absolute Gasteiger partial charge is 0.255 e. The maximum atomic E-state index is 14.1. The van der Waals surface area contributed by atoms with Crippen molar-refractivity contribution in [3.63, 3.8) is 0 Å². The molecule has 0 saturated carbocycles. The van der Waals surface area contributed by atoms with Crippen molar-refractivity contribution in [3.05, 3.63) is 76.1 Å². The number of halogens is 2. The summed E-state index contributed by atoms with van der Waals surface area (Å²) >= 11 is 0. The first-order chi connectivity index (χ1) is 14.2. The van der Waals surface area contributed by atoms with Crippen LogP contribution in [0.25, 0.3) is 5.69 Å². The standard InChI is InChI=1S/C22H22F2N4O2/c1-12-6-5-7-13(2)21(12)26-19(29)11-25-22(30)20-14(3)27-28(15(20)4)18-9-8-16(23)10-17(18)24/h5-10H,11H2,1-4H3,(H,25,30)(H,26,29). The van der Waals surface area contributed by atoms with Crippen molar-refractivity contribution in [1.29, 1.82) is 0 Å². The van der Waals surface area contributed by atoms with E-state index in [1.54, 1.807) is 13.8 Å². The lowest BCUT2D eigenvalue weighted by Crippen LogP contribution is -2.33. The van der Waals surface area contributed by atoms with Crippen molar-refractivity contribution in [1.82, 2.24) is 15.1 Å². The minimum atomic E-state index is -0.791. The third-order valence-corrected chi connectivity index (χ3v) is 4.81. The number of hydrogen-bond donors (Lipinski definition) is 2. The number of hydrogen-bond acceptors (Lipinski definition) is 3. The fourth-order valence-electron chi connectivity index (χ4n) is 3.30. The van der Waals surface area contributed by atoms with Crippen LogP contribution >= 0.6 is 0 Å². The van der Waals surface area contributed by atoms with E-state index >= 15 is 0 Å². The van der Waals surface area contributed by atoms with Crippen molar-refractivity contribution < 1.29 is 18.4 Å². The van der Waals surface area contributed by atoms with Gasteiger partial charge in [0.2, 0.25) is 5.91 Å². The Labute approximate surface area is 172 Å². The number of aryl methyl sites for hydroxylation is 3. The number of carbonyl (C=O) groups excluding carboxylic acids is 2. The molecule has 8 heteroatoms. The molecule has 2 N–H and O–H groups in total. The molecule has 1 aromatic heterocycles. The highest BCUT2D eigenvalue weighted by Gasteiger charge is 2.21. The molecule has 0 fully saturated rings. The average Bonchev–Trinajstić information content (AvgIpc) is 2.97. The molecule has 1 heterocycles. The second kappa shape index (κ2) is 8.44. The van der Waals surface area contributed by atoms with Crippen LogP contribution in [0.5, 0.6) is 0 Å². The van der Waals surface area contributed by atoms with Gasteiger partial charge in [0, 0.05) is 11.8 Å². The molecular formula is C22H22F2N4O2. The summed E-state index contributed by atoms with van der Waals surface area (Å²) in [6, 6.07) is 8.79. The first-order valence-corrected chi connectivity index (χ1v) is 9.35. The molecule has 0 bridgehead atoms. The molecule has 30 heavy (non-hydrogen) atoms. The van der Waals surface area contributed by atoms with Crippen molar-refractivity contribution in [2.45, 2.75) is 27.7 Å². The summed E-state index contributed by atoms with van der Waals surface area (Å²) in [5.41, 5.74) is 3.56. The molecule has 0 radical (unpaired) electrons. The molecule has 0 unspecified atom stereocenters. The Bertz CT molecular complexity index is 1120. The van der Waals surface area contributed by atoms with E-state index in [1.807, 2.05) is 32.0 Å². The molecule has 3 aromatic rings. The number of amides is 2. The summed E-state index contributed by atoms with van der Waals surface area (Å²) in [5.74, 6) is -2.37. The van der Waals surface area contributed by atoms with Gasteiger partial charge in [0.15, 0.2) is 5.82 Å². The van der Waals surface area contributed by atoms with E-state index in [2.05, 4.69) is 15.7 Å². The first-order valence-electron chi connectivity index (χ1n) is 9.35. The highest BCUT2D eigenvalue weighted by atomic mass is 19.1. The zero-order chi connectivity index (χ0) is 22.0. The van der Waals surface area contributed by atoms with Gasteiger partial charge in [-0.2, -0.15) is 5.10 Å². The van der Waals surface area contributed by atoms with Gasteiger partial charge in [0.25, 0.3) is 5.91 Å². The number of aromatic nitrogens is 2. The number of benzene rings is 2. The van der Waals surface area contributed by atoms with Gasteiger partial charge in [0.1, 0.15) is 11.5 Å². The molecule has 0 aliphatic heterocycles. The van der Waals surface area contributed by atoms with Crippen LogP contribution < -0.4 is 10.6 Å². The van der Waals surface area contributed by atoms with Gasteiger partial charge in [-0.3, -0.25) is 9.59 Å². The van der Waals surface area contributed by atoms with Gasteiger partial charge in [-0.1, -0.05) is 18.2 Å². The van der Waals surface area contributed by atoms with E-state index in [1.165, 1.54) is 10.7 Å². The van der Waals surface area contributed by atoms with Crippen LogP contribution in [0.3, 0.4) is 0 Å². The van der Waals surface area contributed by atoms with Crippen LogP contribution in [0.1, 0.15) is 32.9 Å². The van der Waals surface area contributed by atoms with E-state index in [-0.39, 0.29) is 23.7 Å². The fourth-order valence-corrected chi connectivity index (χ4v) is 3.30.